The second-order valence-electron chi connectivity index (χ2n) is 3.41. The molecule has 1 aliphatic heterocycles. The van der Waals surface area contributed by atoms with Gasteiger partial charge in [0.05, 0.1) is 12.1 Å². The second kappa shape index (κ2) is 3.32. The minimum atomic E-state index is -0.331. The van der Waals surface area contributed by atoms with Crippen LogP contribution in [0.25, 0.3) is 0 Å². The van der Waals surface area contributed by atoms with Crippen LogP contribution < -0.4 is 5.32 Å². The van der Waals surface area contributed by atoms with Crippen LogP contribution >= 0.6 is 0 Å². The van der Waals surface area contributed by atoms with Crippen molar-refractivity contribution in [1.82, 2.24) is 5.32 Å². The quantitative estimate of drug-likeness (QED) is 0.590. The molecule has 3 nitrogen and oxygen atoms in total. The topological polar surface area (TPSA) is 49.3 Å². The van der Waals surface area contributed by atoms with E-state index >= 15 is 0 Å². The van der Waals surface area contributed by atoms with Crippen molar-refractivity contribution in [3.05, 3.63) is 0 Å². The van der Waals surface area contributed by atoms with Crippen LogP contribution in [0.4, 0.5) is 0 Å². The molecular weight excluding hydrogens is 142 g/mol. The standard InChI is InChI=1S/C8H15NO2/c1-5(2)8(11)7-3-6(10)4-9-7/h5-7,9-10H,3-4H2,1-2H3/t6?,7-/m0/s1. The van der Waals surface area contributed by atoms with Crippen molar-refractivity contribution < 1.29 is 9.90 Å². The molecule has 2 atom stereocenters. The first-order valence-electron chi connectivity index (χ1n) is 4.06. The lowest BCUT2D eigenvalue weighted by atomic mass is 10.0. The van der Waals surface area contributed by atoms with Gasteiger partial charge in [0.15, 0.2) is 5.78 Å². The zero-order valence-corrected chi connectivity index (χ0v) is 7.00. The van der Waals surface area contributed by atoms with Crippen LogP contribution in [-0.4, -0.2) is 29.6 Å². The normalized spacial score (nSPS) is 31.3. The molecule has 0 bridgehead atoms. The molecule has 3 heteroatoms. The third-order valence-corrected chi connectivity index (χ3v) is 2.02. The molecule has 1 fully saturated rings. The highest BCUT2D eigenvalue weighted by Gasteiger charge is 2.28. The molecule has 11 heavy (non-hydrogen) atoms. The van der Waals surface area contributed by atoms with Gasteiger partial charge in [-0.2, -0.15) is 0 Å². The van der Waals surface area contributed by atoms with E-state index in [-0.39, 0.29) is 23.8 Å². The van der Waals surface area contributed by atoms with Gasteiger partial charge >= 0.3 is 0 Å². The molecule has 0 radical (unpaired) electrons. The Bertz CT molecular complexity index is 156. The Morgan fingerprint density at radius 2 is 2.27 bits per heavy atom. The molecule has 0 aromatic rings. The predicted molar refractivity (Wildman–Crippen MR) is 42.3 cm³/mol. The van der Waals surface area contributed by atoms with Crippen LogP contribution in [0.1, 0.15) is 20.3 Å². The number of hydrogen-bond acceptors (Lipinski definition) is 3. The minimum absolute atomic E-state index is 0.0674. The lowest BCUT2D eigenvalue weighted by Gasteiger charge is -2.10. The van der Waals surface area contributed by atoms with Crippen LogP contribution in [0.3, 0.4) is 0 Å². The van der Waals surface area contributed by atoms with Crippen molar-refractivity contribution in [1.29, 1.82) is 0 Å². The summed E-state index contributed by atoms with van der Waals surface area (Å²) in [5.74, 6) is 0.277. The monoisotopic (exact) mass is 157 g/mol. The molecule has 0 aliphatic carbocycles. The summed E-state index contributed by atoms with van der Waals surface area (Å²) >= 11 is 0. The van der Waals surface area contributed by atoms with Crippen molar-refractivity contribution in [3.63, 3.8) is 0 Å². The maximum atomic E-state index is 11.3. The van der Waals surface area contributed by atoms with Crippen LogP contribution in [0.5, 0.6) is 0 Å². The highest BCUT2D eigenvalue weighted by atomic mass is 16.3. The molecule has 1 unspecified atom stereocenters. The summed E-state index contributed by atoms with van der Waals surface area (Å²) in [7, 11) is 0. The lowest BCUT2D eigenvalue weighted by Crippen LogP contribution is -2.33. The second-order valence-corrected chi connectivity index (χ2v) is 3.41. The average molecular weight is 157 g/mol. The zero-order valence-electron chi connectivity index (χ0n) is 7.00. The SMILES string of the molecule is CC(C)C(=O)[C@@H]1CC(O)CN1. The first-order chi connectivity index (χ1) is 5.11. The van der Waals surface area contributed by atoms with Gasteiger partial charge in [-0.25, -0.2) is 0 Å². The van der Waals surface area contributed by atoms with E-state index in [0.717, 1.165) is 0 Å². The van der Waals surface area contributed by atoms with Crippen molar-refractivity contribution in [3.8, 4) is 0 Å². The van der Waals surface area contributed by atoms with E-state index in [9.17, 15) is 4.79 Å². The van der Waals surface area contributed by atoms with E-state index in [2.05, 4.69) is 5.32 Å². The molecule has 0 aromatic carbocycles. The van der Waals surface area contributed by atoms with Gasteiger partial charge in [0.2, 0.25) is 0 Å². The summed E-state index contributed by atoms with van der Waals surface area (Å²) < 4.78 is 0. The number of Topliss-reactive ketones (excluding diaryl/α,β-unsaturated/α-hetero) is 1. The van der Waals surface area contributed by atoms with Gasteiger partial charge < -0.3 is 10.4 Å². The number of hydrogen-bond donors (Lipinski definition) is 2. The van der Waals surface area contributed by atoms with E-state index in [4.69, 9.17) is 5.11 Å². The number of β-amino-alcohol motifs (C(OH)–C–C–N with tert-alkyl or cyclic N) is 1. The Hall–Kier alpha value is -0.410. The first kappa shape index (κ1) is 8.68. The van der Waals surface area contributed by atoms with Gasteiger partial charge in [-0.3, -0.25) is 4.79 Å². The number of rotatable bonds is 2. The zero-order chi connectivity index (χ0) is 8.43. The maximum Gasteiger partial charge on any atom is 0.152 e. The fourth-order valence-electron chi connectivity index (χ4n) is 1.34. The summed E-state index contributed by atoms with van der Waals surface area (Å²) in [6.07, 6.45) is 0.250. The number of aliphatic hydroxyl groups excluding tert-OH is 1. The third-order valence-electron chi connectivity index (χ3n) is 2.02. The summed E-state index contributed by atoms with van der Waals surface area (Å²) in [4.78, 5) is 11.3. The fraction of sp³-hybridized carbons (Fsp3) is 0.875. The smallest absolute Gasteiger partial charge is 0.152 e. The molecule has 2 N–H and O–H groups in total. The Balaban J connectivity index is 2.43. The van der Waals surface area contributed by atoms with Crippen LogP contribution in [-0.2, 0) is 4.79 Å². The average Bonchev–Trinajstić information content (AvgIpc) is 2.34. The molecule has 0 saturated carbocycles. The van der Waals surface area contributed by atoms with E-state index < -0.39 is 0 Å². The van der Waals surface area contributed by atoms with Crippen molar-refractivity contribution in [2.75, 3.05) is 6.54 Å². The van der Waals surface area contributed by atoms with Gasteiger partial charge in [-0.15, -0.1) is 0 Å². The van der Waals surface area contributed by atoms with E-state index in [1.54, 1.807) is 0 Å². The van der Waals surface area contributed by atoms with E-state index in [1.165, 1.54) is 0 Å². The van der Waals surface area contributed by atoms with Gasteiger partial charge in [0.1, 0.15) is 0 Å². The summed E-state index contributed by atoms with van der Waals surface area (Å²) in [5.41, 5.74) is 0. The molecule has 64 valence electrons. The molecule has 1 aliphatic rings. The van der Waals surface area contributed by atoms with Gasteiger partial charge in [-0.1, -0.05) is 13.8 Å². The predicted octanol–water partition coefficient (Wildman–Crippen LogP) is -0.0657. The third kappa shape index (κ3) is 2.01. The molecule has 0 spiro atoms. The molecular formula is C8H15NO2. The number of aliphatic hydroxyl groups is 1. The summed E-state index contributed by atoms with van der Waals surface area (Å²) in [6.45, 7) is 4.33. The lowest BCUT2D eigenvalue weighted by molar-refractivity contribution is -0.123. The summed E-state index contributed by atoms with van der Waals surface area (Å²) in [6, 6.07) is -0.106. The fourth-order valence-corrected chi connectivity index (χ4v) is 1.34. The molecule has 0 aromatic heterocycles. The van der Waals surface area contributed by atoms with Crippen molar-refractivity contribution in [2.24, 2.45) is 5.92 Å². The van der Waals surface area contributed by atoms with Crippen LogP contribution in [0.2, 0.25) is 0 Å². The van der Waals surface area contributed by atoms with Gasteiger partial charge in [0, 0.05) is 12.5 Å². The van der Waals surface area contributed by atoms with Crippen LogP contribution in [0, 0.1) is 5.92 Å². The van der Waals surface area contributed by atoms with Gasteiger partial charge in [0.25, 0.3) is 0 Å². The molecule has 1 saturated heterocycles. The number of carbonyl (C=O) groups excluding carboxylic acids is 1. The van der Waals surface area contributed by atoms with Crippen LogP contribution in [0.15, 0.2) is 0 Å². The maximum absolute atomic E-state index is 11.3. The molecule has 1 rings (SSSR count). The number of carbonyl (C=O) groups is 1. The Kier molecular flexibility index (Phi) is 2.62. The van der Waals surface area contributed by atoms with Gasteiger partial charge in [-0.05, 0) is 6.42 Å². The largest absolute Gasteiger partial charge is 0.392 e. The van der Waals surface area contributed by atoms with Crippen molar-refractivity contribution in [2.45, 2.75) is 32.4 Å². The Morgan fingerprint density at radius 1 is 1.64 bits per heavy atom. The number of ketones is 1. The Labute approximate surface area is 66.8 Å². The minimum Gasteiger partial charge on any atom is -0.392 e. The Morgan fingerprint density at radius 3 is 2.64 bits per heavy atom. The molecule has 1 heterocycles. The van der Waals surface area contributed by atoms with E-state index in [0.29, 0.717) is 13.0 Å². The number of nitrogens with one attached hydrogen (secondary N) is 1. The van der Waals surface area contributed by atoms with E-state index in [1.807, 2.05) is 13.8 Å². The highest BCUT2D eigenvalue weighted by Crippen LogP contribution is 2.11. The highest BCUT2D eigenvalue weighted by molar-refractivity contribution is 5.86. The first-order valence-corrected chi connectivity index (χ1v) is 4.06. The molecule has 0 amide bonds. The van der Waals surface area contributed by atoms with Crippen molar-refractivity contribution >= 4 is 5.78 Å². The summed E-state index contributed by atoms with van der Waals surface area (Å²) in [5, 5.41) is 12.1.